The molecule has 0 atom stereocenters. The number of hydrogen-bond acceptors (Lipinski definition) is 5. The topological polar surface area (TPSA) is 121 Å². The second kappa shape index (κ2) is 10.3. The average Bonchev–Trinajstić information content (AvgIpc) is 2.81. The number of H-pyrrole nitrogens is 1. The first-order chi connectivity index (χ1) is 15.8. The number of likely N-dealkylation sites (N-methyl/N-ethyl adjacent to an activating group) is 2. The Labute approximate surface area is 190 Å². The van der Waals surface area contributed by atoms with Crippen molar-refractivity contribution < 1.29 is 9.59 Å². The second-order valence-electron chi connectivity index (χ2n) is 7.48. The third-order valence-corrected chi connectivity index (χ3v) is 5.07. The van der Waals surface area contributed by atoms with Crippen molar-refractivity contribution in [3.05, 3.63) is 105 Å². The van der Waals surface area contributed by atoms with E-state index in [4.69, 9.17) is 5.73 Å². The zero-order valence-corrected chi connectivity index (χ0v) is 18.4. The summed E-state index contributed by atoms with van der Waals surface area (Å²) in [5.41, 5.74) is 6.21. The molecule has 9 nitrogen and oxygen atoms in total. The average molecular weight is 447 g/mol. The number of nitrogens with one attached hydrogen (secondary N) is 1. The van der Waals surface area contributed by atoms with E-state index >= 15 is 0 Å². The van der Waals surface area contributed by atoms with Gasteiger partial charge in [0.15, 0.2) is 5.69 Å². The Bertz CT molecular complexity index is 1280. The number of anilines is 2. The molecule has 0 saturated heterocycles. The lowest BCUT2D eigenvalue weighted by molar-refractivity contribution is -0.125. The molecule has 2 aromatic carbocycles. The highest BCUT2D eigenvalue weighted by molar-refractivity contribution is 6.05. The van der Waals surface area contributed by atoms with Crippen LogP contribution in [0.3, 0.4) is 0 Å². The van der Waals surface area contributed by atoms with Gasteiger partial charge in [0.1, 0.15) is 5.82 Å². The van der Waals surface area contributed by atoms with Gasteiger partial charge in [-0.15, -0.1) is 0 Å². The highest BCUT2D eigenvalue weighted by atomic mass is 16.2. The number of carbonyl (C=O) groups is 2. The quantitative estimate of drug-likeness (QED) is 0.530. The maximum Gasteiger partial charge on any atom is 0.330 e. The Hall–Kier alpha value is -4.40. The van der Waals surface area contributed by atoms with Gasteiger partial charge in [-0.3, -0.25) is 23.9 Å². The fraction of sp³-hybridized carbons (Fsp3) is 0.167. The van der Waals surface area contributed by atoms with Crippen molar-refractivity contribution in [2.45, 2.75) is 13.1 Å². The zero-order chi connectivity index (χ0) is 24.0. The molecule has 0 aliphatic heterocycles. The Kier molecular flexibility index (Phi) is 7.24. The second-order valence-corrected chi connectivity index (χ2v) is 7.48. The van der Waals surface area contributed by atoms with Crippen LogP contribution in [-0.2, 0) is 22.7 Å². The van der Waals surface area contributed by atoms with E-state index in [1.54, 1.807) is 7.05 Å². The first-order valence-electron chi connectivity index (χ1n) is 10.2. The molecule has 3 aromatic rings. The third-order valence-electron chi connectivity index (χ3n) is 5.07. The van der Waals surface area contributed by atoms with E-state index in [-0.39, 0.29) is 24.0 Å². The predicted octanol–water partition coefficient (Wildman–Crippen LogP) is 1.34. The molecule has 0 saturated carbocycles. The van der Waals surface area contributed by atoms with Gasteiger partial charge in [-0.2, -0.15) is 0 Å². The fourth-order valence-corrected chi connectivity index (χ4v) is 3.25. The summed E-state index contributed by atoms with van der Waals surface area (Å²) in [4.78, 5) is 54.4. The van der Waals surface area contributed by atoms with E-state index in [1.165, 1.54) is 16.5 Å². The van der Waals surface area contributed by atoms with Crippen molar-refractivity contribution in [2.24, 2.45) is 0 Å². The molecule has 1 heterocycles. The molecule has 0 unspecified atom stereocenters. The minimum absolute atomic E-state index is 0.121. The number of nitrogens with two attached hydrogens (primary N) is 1. The molecule has 33 heavy (non-hydrogen) atoms. The van der Waals surface area contributed by atoms with Gasteiger partial charge in [-0.1, -0.05) is 60.7 Å². The smallest absolute Gasteiger partial charge is 0.330 e. The van der Waals surface area contributed by atoms with Crippen LogP contribution in [-0.4, -0.2) is 40.4 Å². The molecule has 0 radical (unpaired) electrons. The molecule has 170 valence electrons. The number of amides is 2. The normalized spacial score (nSPS) is 10.8. The van der Waals surface area contributed by atoms with Gasteiger partial charge in [-0.25, -0.2) is 4.79 Å². The van der Waals surface area contributed by atoms with Gasteiger partial charge in [0.2, 0.25) is 5.91 Å². The Balaban J connectivity index is 1.78. The van der Waals surface area contributed by atoms with Gasteiger partial charge in [0.05, 0.1) is 6.54 Å². The molecule has 1 aromatic heterocycles. The SMILES string of the molecule is CN(Cc1ccccc1)C(=O)C=CC(=O)N(C)c1c(N)n(Cc2ccccc2)c(=O)[nH]c1=O. The lowest BCUT2D eigenvalue weighted by Gasteiger charge is -2.19. The molecule has 2 amide bonds. The summed E-state index contributed by atoms with van der Waals surface area (Å²) in [7, 11) is 2.97. The number of nitrogen functional groups attached to an aromatic ring is 1. The first kappa shape index (κ1) is 23.3. The molecule has 0 aliphatic rings. The number of aromatic nitrogens is 2. The highest BCUT2D eigenvalue weighted by Gasteiger charge is 2.20. The summed E-state index contributed by atoms with van der Waals surface area (Å²) in [5.74, 6) is -1.17. The zero-order valence-electron chi connectivity index (χ0n) is 18.4. The Morgan fingerprint density at radius 1 is 0.909 bits per heavy atom. The van der Waals surface area contributed by atoms with Gasteiger partial charge in [0.25, 0.3) is 11.5 Å². The number of aromatic amines is 1. The summed E-state index contributed by atoms with van der Waals surface area (Å²) >= 11 is 0. The summed E-state index contributed by atoms with van der Waals surface area (Å²) in [6, 6.07) is 18.5. The van der Waals surface area contributed by atoms with Crippen molar-refractivity contribution >= 4 is 23.3 Å². The van der Waals surface area contributed by atoms with Crippen LogP contribution in [0.5, 0.6) is 0 Å². The minimum atomic E-state index is -0.793. The maximum absolute atomic E-state index is 12.7. The van der Waals surface area contributed by atoms with Crippen LogP contribution in [0.15, 0.2) is 82.4 Å². The number of nitrogens with zero attached hydrogens (tertiary/aromatic N) is 3. The molecule has 3 rings (SSSR count). The van der Waals surface area contributed by atoms with Crippen LogP contribution in [0, 0.1) is 0 Å². The highest BCUT2D eigenvalue weighted by Crippen LogP contribution is 2.16. The maximum atomic E-state index is 12.7. The van der Waals surface area contributed by atoms with Crippen molar-refractivity contribution in [1.82, 2.24) is 14.5 Å². The van der Waals surface area contributed by atoms with Gasteiger partial charge in [-0.05, 0) is 11.1 Å². The first-order valence-corrected chi connectivity index (χ1v) is 10.2. The Morgan fingerprint density at radius 3 is 2.06 bits per heavy atom. The molecular weight excluding hydrogens is 422 g/mol. The van der Waals surface area contributed by atoms with Gasteiger partial charge >= 0.3 is 5.69 Å². The summed E-state index contributed by atoms with van der Waals surface area (Å²) in [6.45, 7) is 0.501. The largest absolute Gasteiger partial charge is 0.383 e. The van der Waals surface area contributed by atoms with Gasteiger partial charge < -0.3 is 15.5 Å². The van der Waals surface area contributed by atoms with E-state index < -0.39 is 17.2 Å². The van der Waals surface area contributed by atoms with E-state index in [0.717, 1.165) is 28.2 Å². The van der Waals surface area contributed by atoms with Crippen molar-refractivity contribution in [2.75, 3.05) is 24.7 Å². The summed E-state index contributed by atoms with van der Waals surface area (Å²) in [6.07, 6.45) is 2.20. The summed E-state index contributed by atoms with van der Waals surface area (Å²) < 4.78 is 1.18. The van der Waals surface area contributed by atoms with Gasteiger partial charge in [0, 0.05) is 32.8 Å². The number of rotatable bonds is 7. The Morgan fingerprint density at radius 2 is 1.45 bits per heavy atom. The molecular formula is C24H25N5O4. The van der Waals surface area contributed by atoms with E-state index in [0.29, 0.717) is 6.54 Å². The number of benzene rings is 2. The lowest BCUT2D eigenvalue weighted by Crippen LogP contribution is -2.39. The molecule has 0 spiro atoms. The monoisotopic (exact) mass is 447 g/mol. The van der Waals surface area contributed by atoms with Crippen LogP contribution in [0.2, 0.25) is 0 Å². The van der Waals surface area contributed by atoms with Crippen molar-refractivity contribution in [1.29, 1.82) is 0 Å². The summed E-state index contributed by atoms with van der Waals surface area (Å²) in [5, 5.41) is 0. The molecule has 0 fully saturated rings. The van der Waals surface area contributed by atoms with E-state index in [9.17, 15) is 19.2 Å². The predicted molar refractivity (Wildman–Crippen MR) is 127 cm³/mol. The molecule has 0 aliphatic carbocycles. The van der Waals surface area contributed by atoms with E-state index in [1.807, 2.05) is 60.7 Å². The molecule has 9 heteroatoms. The van der Waals surface area contributed by atoms with Crippen LogP contribution in [0.1, 0.15) is 11.1 Å². The third kappa shape index (κ3) is 5.65. The van der Waals surface area contributed by atoms with Crippen LogP contribution < -0.4 is 21.9 Å². The van der Waals surface area contributed by atoms with Crippen LogP contribution in [0.4, 0.5) is 11.5 Å². The van der Waals surface area contributed by atoms with Crippen LogP contribution >= 0.6 is 0 Å². The standard InChI is InChI=1S/C24H25N5O4/c1-27(15-17-9-5-3-6-10-17)19(30)13-14-20(31)28(2)21-22(25)29(24(33)26-23(21)32)16-18-11-7-4-8-12-18/h3-14H,15-16,25H2,1-2H3,(H,26,32,33). The lowest BCUT2D eigenvalue weighted by atomic mass is 10.2. The molecule has 0 bridgehead atoms. The molecule has 3 N–H and O–H groups in total. The number of carbonyl (C=O) groups excluding carboxylic acids is 2. The van der Waals surface area contributed by atoms with Crippen LogP contribution in [0.25, 0.3) is 0 Å². The fourth-order valence-electron chi connectivity index (χ4n) is 3.25. The number of hydrogen-bond donors (Lipinski definition) is 2. The van der Waals surface area contributed by atoms with Crippen molar-refractivity contribution in [3.63, 3.8) is 0 Å². The minimum Gasteiger partial charge on any atom is -0.383 e. The van der Waals surface area contributed by atoms with E-state index in [2.05, 4.69) is 4.98 Å². The van der Waals surface area contributed by atoms with Crippen molar-refractivity contribution in [3.8, 4) is 0 Å².